The van der Waals surface area contributed by atoms with Gasteiger partial charge < -0.3 is 0 Å². The molecule has 0 radical (unpaired) electrons. The molecule has 6 nitrogen and oxygen atoms in total. The normalized spacial score (nSPS) is 10.6. The molecule has 0 fully saturated rings. The molecular formula is C9H12N4O2S. The molecule has 0 aromatic heterocycles. The number of hydrogen-bond acceptors (Lipinski definition) is 3. The number of nitrogens with zero attached hydrogens (tertiary/aromatic N) is 4. The van der Waals surface area contributed by atoms with E-state index >= 15 is 0 Å². The van der Waals surface area contributed by atoms with E-state index in [1.807, 2.05) is 0 Å². The van der Waals surface area contributed by atoms with Gasteiger partial charge in [-0.05, 0) is 18.6 Å². The Balaban J connectivity index is 3.16. The van der Waals surface area contributed by atoms with E-state index in [-0.39, 0.29) is 5.75 Å². The standard InChI is InChI=1S/C9H12N4O2S/c1-2-8-16(14,15)13(12-11-10)9-6-4-3-5-7-9/h3-7H,2,8H2,1H3. The highest BCUT2D eigenvalue weighted by molar-refractivity contribution is 7.92. The number of hydrogen-bond donors (Lipinski definition) is 0. The quantitative estimate of drug-likeness (QED) is 0.342. The molecule has 7 heteroatoms. The average Bonchev–Trinajstić information content (AvgIpc) is 2.27. The molecule has 1 aromatic rings. The van der Waals surface area contributed by atoms with E-state index in [0.29, 0.717) is 12.1 Å². The molecule has 0 aliphatic heterocycles. The van der Waals surface area contributed by atoms with Crippen molar-refractivity contribution in [1.29, 1.82) is 0 Å². The van der Waals surface area contributed by atoms with Gasteiger partial charge in [0, 0.05) is 5.22 Å². The van der Waals surface area contributed by atoms with Crippen LogP contribution in [0.15, 0.2) is 35.6 Å². The number of para-hydroxylation sites is 1. The lowest BCUT2D eigenvalue weighted by molar-refractivity contribution is 0.590. The zero-order valence-electron chi connectivity index (χ0n) is 8.81. The molecule has 0 N–H and O–H groups in total. The number of sulfonamides is 1. The Hall–Kier alpha value is -1.72. The van der Waals surface area contributed by atoms with Crippen LogP contribution in [0.25, 0.3) is 10.4 Å². The summed E-state index contributed by atoms with van der Waals surface area (Å²) in [5.41, 5.74) is 8.72. The maximum atomic E-state index is 11.8. The zero-order valence-corrected chi connectivity index (χ0v) is 9.63. The van der Waals surface area contributed by atoms with Crippen molar-refractivity contribution in [1.82, 2.24) is 0 Å². The van der Waals surface area contributed by atoms with E-state index in [1.165, 1.54) is 0 Å². The lowest BCUT2D eigenvalue weighted by Gasteiger charge is -2.12. The topological polar surface area (TPSA) is 86.1 Å². The van der Waals surface area contributed by atoms with Crippen LogP contribution in [-0.2, 0) is 10.0 Å². The highest BCUT2D eigenvalue weighted by atomic mass is 32.2. The molecule has 0 atom stereocenters. The van der Waals surface area contributed by atoms with Crippen LogP contribution < -0.4 is 4.41 Å². The molecule has 0 amide bonds. The van der Waals surface area contributed by atoms with Crippen molar-refractivity contribution in [2.24, 2.45) is 5.22 Å². The lowest BCUT2D eigenvalue weighted by Crippen LogP contribution is -2.27. The molecule has 0 unspecified atom stereocenters. The maximum absolute atomic E-state index is 11.8. The van der Waals surface area contributed by atoms with E-state index in [9.17, 15) is 8.42 Å². The van der Waals surface area contributed by atoms with Crippen LogP contribution in [0.1, 0.15) is 13.3 Å². The van der Waals surface area contributed by atoms with Crippen molar-refractivity contribution < 1.29 is 8.42 Å². The smallest absolute Gasteiger partial charge is 0.183 e. The van der Waals surface area contributed by atoms with Gasteiger partial charge in [-0.2, -0.15) is 13.3 Å². The molecule has 0 aliphatic carbocycles. The maximum Gasteiger partial charge on any atom is 0.308 e. The van der Waals surface area contributed by atoms with Crippen molar-refractivity contribution in [2.75, 3.05) is 10.2 Å². The van der Waals surface area contributed by atoms with Crippen molar-refractivity contribution in [3.05, 3.63) is 40.8 Å². The Morgan fingerprint density at radius 3 is 2.50 bits per heavy atom. The summed E-state index contributed by atoms with van der Waals surface area (Å²) in [5.74, 6) is -0.0546. The summed E-state index contributed by atoms with van der Waals surface area (Å²) in [4.78, 5) is 2.53. The molecule has 1 aromatic carbocycles. The summed E-state index contributed by atoms with van der Waals surface area (Å²) in [6, 6.07) is 8.25. The number of benzene rings is 1. The van der Waals surface area contributed by atoms with Gasteiger partial charge >= 0.3 is 10.0 Å². The minimum absolute atomic E-state index is 0.0546. The van der Waals surface area contributed by atoms with Gasteiger partial charge in [-0.3, -0.25) is 0 Å². The molecule has 1 rings (SSSR count). The van der Waals surface area contributed by atoms with Crippen LogP contribution >= 0.6 is 0 Å². The van der Waals surface area contributed by atoms with Crippen LogP contribution in [0.3, 0.4) is 0 Å². The van der Waals surface area contributed by atoms with Crippen molar-refractivity contribution in [2.45, 2.75) is 13.3 Å². The molecule has 0 saturated heterocycles. The van der Waals surface area contributed by atoms with Crippen LogP contribution in [0.5, 0.6) is 0 Å². The second-order valence-corrected chi connectivity index (χ2v) is 4.99. The van der Waals surface area contributed by atoms with Crippen LogP contribution in [0.4, 0.5) is 5.69 Å². The second-order valence-electron chi connectivity index (χ2n) is 3.07. The molecule has 0 aliphatic rings. The van der Waals surface area contributed by atoms with Crippen LogP contribution in [-0.4, -0.2) is 14.2 Å². The third-order valence-corrected chi connectivity index (χ3v) is 3.56. The Kier molecular flexibility index (Phi) is 4.16. The molecule has 16 heavy (non-hydrogen) atoms. The molecule has 86 valence electrons. The fraction of sp³-hybridized carbons (Fsp3) is 0.333. The Morgan fingerprint density at radius 2 is 2.00 bits per heavy atom. The van der Waals surface area contributed by atoms with Gasteiger partial charge in [0.05, 0.1) is 5.75 Å². The summed E-state index contributed by atoms with van der Waals surface area (Å²) in [6.07, 6.45) is 0.465. The molecule has 0 saturated carbocycles. The lowest BCUT2D eigenvalue weighted by atomic mass is 10.3. The minimum atomic E-state index is -3.57. The Bertz CT molecular complexity index is 479. The summed E-state index contributed by atoms with van der Waals surface area (Å²) < 4.78 is 24.3. The van der Waals surface area contributed by atoms with Crippen molar-refractivity contribution in [3.8, 4) is 0 Å². The van der Waals surface area contributed by atoms with Crippen LogP contribution in [0.2, 0.25) is 0 Å². The molecule has 0 bridgehead atoms. The largest absolute Gasteiger partial charge is 0.308 e. The number of azide groups is 1. The predicted molar refractivity (Wildman–Crippen MR) is 62.1 cm³/mol. The fourth-order valence-electron chi connectivity index (χ4n) is 1.20. The summed E-state index contributed by atoms with van der Waals surface area (Å²) in [5, 5.41) is 3.21. The first-order valence-corrected chi connectivity index (χ1v) is 6.36. The average molecular weight is 240 g/mol. The van der Waals surface area contributed by atoms with Crippen LogP contribution in [0, 0.1) is 0 Å². The van der Waals surface area contributed by atoms with E-state index in [2.05, 4.69) is 10.1 Å². The minimum Gasteiger partial charge on any atom is -0.183 e. The second kappa shape index (κ2) is 5.39. The SMILES string of the molecule is CCCS(=O)(=O)N(N=[N+]=[N-])c1ccccc1. The first kappa shape index (κ1) is 12.4. The van der Waals surface area contributed by atoms with E-state index in [1.54, 1.807) is 37.3 Å². The molecular weight excluding hydrogens is 228 g/mol. The highest BCUT2D eigenvalue weighted by Crippen LogP contribution is 2.18. The first-order valence-electron chi connectivity index (χ1n) is 4.75. The first-order chi connectivity index (χ1) is 7.61. The predicted octanol–water partition coefficient (Wildman–Crippen LogP) is 2.46. The zero-order chi connectivity index (χ0) is 12.0. The third-order valence-electron chi connectivity index (χ3n) is 1.82. The van der Waals surface area contributed by atoms with Gasteiger partial charge in [0.25, 0.3) is 0 Å². The summed E-state index contributed by atoms with van der Waals surface area (Å²) >= 11 is 0. The molecule has 0 spiro atoms. The van der Waals surface area contributed by atoms with E-state index < -0.39 is 10.0 Å². The third kappa shape index (κ3) is 2.88. The van der Waals surface area contributed by atoms with Crippen molar-refractivity contribution in [3.63, 3.8) is 0 Å². The van der Waals surface area contributed by atoms with Gasteiger partial charge in [0.2, 0.25) is 0 Å². The summed E-state index contributed by atoms with van der Waals surface area (Å²) in [7, 11) is -3.57. The van der Waals surface area contributed by atoms with Gasteiger partial charge in [-0.15, -0.1) is 9.95 Å². The number of anilines is 1. The van der Waals surface area contributed by atoms with Crippen molar-refractivity contribution >= 4 is 15.7 Å². The van der Waals surface area contributed by atoms with Gasteiger partial charge in [0.1, 0.15) is 5.69 Å². The highest BCUT2D eigenvalue weighted by Gasteiger charge is 2.25. The monoisotopic (exact) mass is 240 g/mol. The molecule has 0 heterocycles. The van der Waals surface area contributed by atoms with Gasteiger partial charge in [0.15, 0.2) is 0 Å². The number of rotatable bonds is 5. The van der Waals surface area contributed by atoms with E-state index in [0.717, 1.165) is 4.41 Å². The Labute approximate surface area is 94.2 Å². The Morgan fingerprint density at radius 1 is 1.38 bits per heavy atom. The van der Waals surface area contributed by atoms with Gasteiger partial charge in [-0.1, -0.05) is 25.1 Å². The van der Waals surface area contributed by atoms with Gasteiger partial charge in [-0.25, -0.2) is 0 Å². The summed E-state index contributed by atoms with van der Waals surface area (Å²) in [6.45, 7) is 1.75. The van der Waals surface area contributed by atoms with E-state index in [4.69, 9.17) is 5.53 Å². The fourth-order valence-corrected chi connectivity index (χ4v) is 2.48.